The van der Waals surface area contributed by atoms with E-state index in [1.54, 1.807) is 7.11 Å². The Balaban J connectivity index is 1.38. The Morgan fingerprint density at radius 1 is 0.862 bits per heavy atom. The van der Waals surface area contributed by atoms with Crippen LogP contribution in [0.3, 0.4) is 0 Å². The number of hydrogen-bond acceptors (Lipinski definition) is 3. The standard InChI is InChI=1S/C24H30N2O3/c1-29-22-10-6-5-9-21(22)17-26-24(28)20-13-11-19(12-14-20)23(27)25-16-15-18-7-3-2-4-8-18/h2-10,19-20H,11-17H2,1H3,(H,25,27)(H,26,28). The van der Waals surface area contributed by atoms with Gasteiger partial charge in [0.1, 0.15) is 5.75 Å². The molecule has 0 aromatic heterocycles. The largest absolute Gasteiger partial charge is 0.496 e. The van der Waals surface area contributed by atoms with Gasteiger partial charge in [-0.2, -0.15) is 0 Å². The summed E-state index contributed by atoms with van der Waals surface area (Å²) in [4.78, 5) is 24.9. The summed E-state index contributed by atoms with van der Waals surface area (Å²) >= 11 is 0. The number of rotatable bonds is 8. The molecule has 0 bridgehead atoms. The molecule has 2 N–H and O–H groups in total. The van der Waals surface area contributed by atoms with Crippen molar-refractivity contribution in [2.24, 2.45) is 11.8 Å². The zero-order valence-electron chi connectivity index (χ0n) is 17.0. The molecule has 1 aliphatic carbocycles. The van der Waals surface area contributed by atoms with Crippen molar-refractivity contribution in [3.63, 3.8) is 0 Å². The van der Waals surface area contributed by atoms with Crippen molar-refractivity contribution in [3.05, 3.63) is 65.7 Å². The van der Waals surface area contributed by atoms with Crippen LogP contribution in [0.15, 0.2) is 54.6 Å². The van der Waals surface area contributed by atoms with E-state index in [-0.39, 0.29) is 23.7 Å². The van der Waals surface area contributed by atoms with Gasteiger partial charge in [0, 0.05) is 30.5 Å². The van der Waals surface area contributed by atoms with Gasteiger partial charge in [0.2, 0.25) is 11.8 Å². The van der Waals surface area contributed by atoms with Crippen LogP contribution < -0.4 is 15.4 Å². The number of benzene rings is 2. The smallest absolute Gasteiger partial charge is 0.223 e. The van der Waals surface area contributed by atoms with E-state index in [2.05, 4.69) is 22.8 Å². The average Bonchev–Trinajstić information content (AvgIpc) is 2.78. The first-order valence-electron chi connectivity index (χ1n) is 10.4. The van der Waals surface area contributed by atoms with Gasteiger partial charge in [-0.3, -0.25) is 9.59 Å². The van der Waals surface area contributed by atoms with Crippen LogP contribution >= 0.6 is 0 Å². The molecule has 0 saturated heterocycles. The van der Waals surface area contributed by atoms with E-state index < -0.39 is 0 Å². The highest BCUT2D eigenvalue weighted by Gasteiger charge is 2.29. The summed E-state index contributed by atoms with van der Waals surface area (Å²) in [6, 6.07) is 17.9. The SMILES string of the molecule is COc1ccccc1CNC(=O)C1CCC(C(=O)NCCc2ccccc2)CC1. The molecule has 1 fully saturated rings. The summed E-state index contributed by atoms with van der Waals surface area (Å²) in [5, 5.41) is 6.07. The number of methoxy groups -OCH3 is 1. The lowest BCUT2D eigenvalue weighted by molar-refractivity contribution is -0.130. The highest BCUT2D eigenvalue weighted by molar-refractivity contribution is 5.81. The Morgan fingerprint density at radius 3 is 2.10 bits per heavy atom. The summed E-state index contributed by atoms with van der Waals surface area (Å²) in [5.41, 5.74) is 2.19. The van der Waals surface area contributed by atoms with Crippen LogP contribution in [-0.4, -0.2) is 25.5 Å². The number of para-hydroxylation sites is 1. The van der Waals surface area contributed by atoms with Crippen molar-refractivity contribution in [1.29, 1.82) is 0 Å². The van der Waals surface area contributed by atoms with Crippen LogP contribution in [-0.2, 0) is 22.6 Å². The topological polar surface area (TPSA) is 67.4 Å². The molecule has 0 aliphatic heterocycles. The van der Waals surface area contributed by atoms with Crippen LogP contribution in [0.1, 0.15) is 36.8 Å². The Labute approximate surface area is 172 Å². The van der Waals surface area contributed by atoms with E-state index in [0.29, 0.717) is 13.1 Å². The molecule has 0 unspecified atom stereocenters. The first-order valence-corrected chi connectivity index (χ1v) is 10.4. The van der Waals surface area contributed by atoms with Crippen LogP contribution in [0.2, 0.25) is 0 Å². The Hall–Kier alpha value is -2.82. The van der Waals surface area contributed by atoms with E-state index in [4.69, 9.17) is 4.74 Å². The van der Waals surface area contributed by atoms with E-state index in [0.717, 1.165) is 43.4 Å². The summed E-state index contributed by atoms with van der Waals surface area (Å²) in [7, 11) is 1.63. The van der Waals surface area contributed by atoms with Gasteiger partial charge in [0.05, 0.1) is 7.11 Å². The number of nitrogens with one attached hydrogen (secondary N) is 2. The number of amides is 2. The van der Waals surface area contributed by atoms with Crippen molar-refractivity contribution in [2.45, 2.75) is 38.6 Å². The number of carbonyl (C=O) groups is 2. The van der Waals surface area contributed by atoms with Gasteiger partial charge in [0.15, 0.2) is 0 Å². The second-order valence-corrected chi connectivity index (χ2v) is 7.60. The molecule has 3 rings (SSSR count). The third-order valence-corrected chi connectivity index (χ3v) is 5.67. The molecule has 0 radical (unpaired) electrons. The van der Waals surface area contributed by atoms with Crippen molar-refractivity contribution in [3.8, 4) is 5.75 Å². The molecular weight excluding hydrogens is 364 g/mol. The molecule has 154 valence electrons. The number of hydrogen-bond donors (Lipinski definition) is 2. The first-order chi connectivity index (χ1) is 14.2. The molecule has 1 saturated carbocycles. The Kier molecular flexibility index (Phi) is 7.68. The maximum atomic E-state index is 12.5. The predicted octanol–water partition coefficient (Wildman–Crippen LogP) is 3.48. The van der Waals surface area contributed by atoms with E-state index >= 15 is 0 Å². The van der Waals surface area contributed by atoms with Crippen molar-refractivity contribution >= 4 is 11.8 Å². The molecule has 0 spiro atoms. The molecule has 2 aromatic carbocycles. The van der Waals surface area contributed by atoms with Gasteiger partial charge in [-0.1, -0.05) is 48.5 Å². The molecular formula is C24H30N2O3. The maximum absolute atomic E-state index is 12.5. The lowest BCUT2D eigenvalue weighted by Gasteiger charge is -2.27. The van der Waals surface area contributed by atoms with Crippen LogP contribution in [0.4, 0.5) is 0 Å². The molecule has 0 heterocycles. The predicted molar refractivity (Wildman–Crippen MR) is 113 cm³/mol. The zero-order chi connectivity index (χ0) is 20.5. The Morgan fingerprint density at radius 2 is 1.45 bits per heavy atom. The lowest BCUT2D eigenvalue weighted by atomic mass is 9.81. The number of ether oxygens (including phenoxy) is 1. The monoisotopic (exact) mass is 394 g/mol. The minimum Gasteiger partial charge on any atom is -0.496 e. The van der Waals surface area contributed by atoms with Gasteiger partial charge >= 0.3 is 0 Å². The third kappa shape index (κ3) is 6.08. The minimum absolute atomic E-state index is 0.0157. The fourth-order valence-corrected chi connectivity index (χ4v) is 3.91. The third-order valence-electron chi connectivity index (χ3n) is 5.67. The first kappa shape index (κ1) is 20.9. The second kappa shape index (κ2) is 10.6. The zero-order valence-corrected chi connectivity index (χ0v) is 17.0. The summed E-state index contributed by atoms with van der Waals surface area (Å²) < 4.78 is 5.33. The van der Waals surface area contributed by atoms with Gasteiger partial charge < -0.3 is 15.4 Å². The molecule has 0 atom stereocenters. The minimum atomic E-state index is -0.0157. The lowest BCUT2D eigenvalue weighted by Crippen LogP contribution is -2.37. The molecule has 29 heavy (non-hydrogen) atoms. The van der Waals surface area contributed by atoms with Crippen molar-refractivity contribution in [1.82, 2.24) is 10.6 Å². The molecule has 1 aliphatic rings. The van der Waals surface area contributed by atoms with Gasteiger partial charge in [0.25, 0.3) is 0 Å². The Bertz CT molecular complexity index is 799. The highest BCUT2D eigenvalue weighted by Crippen LogP contribution is 2.29. The quantitative estimate of drug-likeness (QED) is 0.720. The highest BCUT2D eigenvalue weighted by atomic mass is 16.5. The molecule has 2 amide bonds. The summed E-state index contributed by atoms with van der Waals surface area (Å²) in [5.74, 6) is 0.971. The van der Waals surface area contributed by atoms with Gasteiger partial charge in [-0.25, -0.2) is 0 Å². The van der Waals surface area contributed by atoms with Crippen LogP contribution in [0.5, 0.6) is 5.75 Å². The fraction of sp³-hybridized carbons (Fsp3) is 0.417. The second-order valence-electron chi connectivity index (χ2n) is 7.60. The molecule has 2 aromatic rings. The summed E-state index contributed by atoms with van der Waals surface area (Å²) in [6.45, 7) is 1.12. The van der Waals surface area contributed by atoms with E-state index in [1.165, 1.54) is 5.56 Å². The summed E-state index contributed by atoms with van der Waals surface area (Å²) in [6.07, 6.45) is 3.89. The van der Waals surface area contributed by atoms with Crippen LogP contribution in [0, 0.1) is 11.8 Å². The maximum Gasteiger partial charge on any atom is 0.223 e. The van der Waals surface area contributed by atoms with Gasteiger partial charge in [-0.15, -0.1) is 0 Å². The fourth-order valence-electron chi connectivity index (χ4n) is 3.91. The molecule has 5 heteroatoms. The average molecular weight is 395 g/mol. The van der Waals surface area contributed by atoms with Crippen molar-refractivity contribution < 1.29 is 14.3 Å². The molecule has 5 nitrogen and oxygen atoms in total. The van der Waals surface area contributed by atoms with Crippen molar-refractivity contribution in [2.75, 3.05) is 13.7 Å². The normalized spacial score (nSPS) is 18.7. The van der Waals surface area contributed by atoms with E-state index in [1.807, 2.05) is 42.5 Å². The van der Waals surface area contributed by atoms with Crippen LogP contribution in [0.25, 0.3) is 0 Å². The number of carbonyl (C=O) groups excluding carboxylic acids is 2. The van der Waals surface area contributed by atoms with Gasteiger partial charge in [-0.05, 0) is 43.7 Å². The van der Waals surface area contributed by atoms with E-state index in [9.17, 15) is 9.59 Å².